The molecule has 9 heteroatoms. The second kappa shape index (κ2) is 17.2. The second-order valence-corrected chi connectivity index (χ2v) is 7.44. The Kier molecular flexibility index (Phi) is 16.8. The molecule has 0 aromatic heterocycles. The van der Waals surface area contributed by atoms with E-state index in [-0.39, 0.29) is 36.4 Å². The third-order valence-electron chi connectivity index (χ3n) is 4.13. The average Bonchev–Trinajstić information content (AvgIpc) is 2.65. The number of hydrogen-bond donors (Lipinski definition) is 2. The normalized spacial score (nSPS) is 15.2. The topological polar surface area (TPSA) is 78.4 Å². The molecule has 1 amide bonds. The van der Waals surface area contributed by atoms with Crippen molar-refractivity contribution >= 4 is 35.8 Å². The molecule has 1 aliphatic heterocycles. The van der Waals surface area contributed by atoms with Crippen LogP contribution in [0.2, 0.25) is 0 Å². The molecule has 0 aliphatic carbocycles. The van der Waals surface area contributed by atoms with Gasteiger partial charge < -0.3 is 25.0 Å². The lowest BCUT2D eigenvalue weighted by Crippen LogP contribution is -2.41. The number of morpholine rings is 1. The minimum atomic E-state index is -0.00955. The van der Waals surface area contributed by atoms with Gasteiger partial charge in [-0.05, 0) is 25.3 Å². The Labute approximate surface area is 187 Å². The van der Waals surface area contributed by atoms with E-state index in [1.165, 1.54) is 0 Å². The first-order valence-corrected chi connectivity index (χ1v) is 10.1. The van der Waals surface area contributed by atoms with Crippen LogP contribution in [0, 0.1) is 5.92 Å². The van der Waals surface area contributed by atoms with Gasteiger partial charge in [0.15, 0.2) is 5.96 Å². The van der Waals surface area contributed by atoms with Gasteiger partial charge >= 0.3 is 0 Å². The Hall–Kier alpha value is -0.650. The lowest BCUT2D eigenvalue weighted by Gasteiger charge is -2.26. The van der Waals surface area contributed by atoms with Crippen LogP contribution in [0.15, 0.2) is 4.99 Å². The minimum absolute atomic E-state index is 0. The van der Waals surface area contributed by atoms with Crippen LogP contribution in [-0.2, 0) is 14.3 Å². The van der Waals surface area contributed by atoms with E-state index < -0.39 is 0 Å². The zero-order chi connectivity index (χ0) is 19.9. The lowest BCUT2D eigenvalue weighted by atomic mass is 10.2. The first-order chi connectivity index (χ1) is 13.0. The molecule has 166 valence electrons. The molecule has 28 heavy (non-hydrogen) atoms. The summed E-state index contributed by atoms with van der Waals surface area (Å²) >= 11 is 0. The molecular weight excluding hydrogens is 473 g/mol. The van der Waals surface area contributed by atoms with Crippen LogP contribution in [-0.4, -0.2) is 101 Å². The maximum Gasteiger partial charge on any atom is 0.243 e. The summed E-state index contributed by atoms with van der Waals surface area (Å²) in [7, 11) is 3.49. The summed E-state index contributed by atoms with van der Waals surface area (Å²) in [5.74, 6) is 1.24. The third kappa shape index (κ3) is 14.4. The first-order valence-electron chi connectivity index (χ1n) is 10.1. The van der Waals surface area contributed by atoms with Crippen molar-refractivity contribution in [3.63, 3.8) is 0 Å². The molecule has 1 fully saturated rings. The number of guanidine groups is 1. The van der Waals surface area contributed by atoms with E-state index >= 15 is 0 Å². The quantitative estimate of drug-likeness (QED) is 0.176. The van der Waals surface area contributed by atoms with Crippen LogP contribution in [0.4, 0.5) is 0 Å². The summed E-state index contributed by atoms with van der Waals surface area (Å²) in [6.07, 6.45) is 1.93. The third-order valence-corrected chi connectivity index (χ3v) is 4.13. The van der Waals surface area contributed by atoms with E-state index in [4.69, 9.17) is 9.47 Å². The standard InChI is InChI=1S/C19H39N5O3.HI/c1-17(2)16-27-12-6-8-21-19(22-15-18(25)23(3)4)20-7-5-9-24-10-13-26-14-11-24;/h17H,5-16H2,1-4H3,(H2,20,21,22);1H. The van der Waals surface area contributed by atoms with Crippen LogP contribution in [0.3, 0.4) is 0 Å². The van der Waals surface area contributed by atoms with E-state index in [1.54, 1.807) is 19.0 Å². The fourth-order valence-electron chi connectivity index (χ4n) is 2.50. The van der Waals surface area contributed by atoms with Gasteiger partial charge in [-0.3, -0.25) is 9.69 Å². The molecule has 0 spiro atoms. The maximum absolute atomic E-state index is 11.8. The van der Waals surface area contributed by atoms with Crippen LogP contribution in [0.1, 0.15) is 26.7 Å². The number of carbonyl (C=O) groups is 1. The molecule has 2 N–H and O–H groups in total. The highest BCUT2D eigenvalue weighted by atomic mass is 127. The van der Waals surface area contributed by atoms with Gasteiger partial charge in [-0.2, -0.15) is 0 Å². The molecular formula is C19H40IN5O3. The van der Waals surface area contributed by atoms with E-state index in [2.05, 4.69) is 34.4 Å². The molecule has 1 rings (SSSR count). The van der Waals surface area contributed by atoms with Crippen LogP contribution in [0.25, 0.3) is 0 Å². The highest BCUT2D eigenvalue weighted by Gasteiger charge is 2.09. The molecule has 0 atom stereocenters. The first kappa shape index (κ1) is 27.4. The number of aliphatic imine (C=N–C) groups is 1. The molecule has 0 aromatic carbocycles. The molecule has 1 heterocycles. The van der Waals surface area contributed by atoms with Crippen molar-refractivity contribution in [2.45, 2.75) is 26.7 Å². The second-order valence-electron chi connectivity index (χ2n) is 7.44. The molecule has 8 nitrogen and oxygen atoms in total. The van der Waals surface area contributed by atoms with E-state index in [0.717, 1.165) is 72.0 Å². The Morgan fingerprint density at radius 2 is 1.82 bits per heavy atom. The van der Waals surface area contributed by atoms with Gasteiger partial charge in [-0.25, -0.2) is 4.99 Å². The Morgan fingerprint density at radius 3 is 2.43 bits per heavy atom. The Morgan fingerprint density at radius 1 is 1.18 bits per heavy atom. The fourth-order valence-corrected chi connectivity index (χ4v) is 2.50. The Balaban J connectivity index is 0.00000729. The smallest absolute Gasteiger partial charge is 0.243 e. The lowest BCUT2D eigenvalue weighted by molar-refractivity contribution is -0.127. The molecule has 1 aliphatic rings. The summed E-state index contributed by atoms with van der Waals surface area (Å²) in [6.45, 7) is 12.3. The van der Waals surface area contributed by atoms with Gasteiger partial charge in [0.25, 0.3) is 0 Å². The number of nitrogens with one attached hydrogen (secondary N) is 2. The number of halogens is 1. The van der Waals surface area contributed by atoms with Crippen molar-refractivity contribution in [1.82, 2.24) is 20.4 Å². The zero-order valence-electron chi connectivity index (χ0n) is 18.0. The summed E-state index contributed by atoms with van der Waals surface area (Å²) < 4.78 is 11.0. The van der Waals surface area contributed by atoms with Crippen LogP contribution < -0.4 is 10.6 Å². The average molecular weight is 513 g/mol. The monoisotopic (exact) mass is 513 g/mol. The fraction of sp³-hybridized carbons (Fsp3) is 0.895. The molecule has 0 saturated carbocycles. The van der Waals surface area contributed by atoms with Crippen molar-refractivity contribution in [3.8, 4) is 0 Å². The highest BCUT2D eigenvalue weighted by molar-refractivity contribution is 14.0. The van der Waals surface area contributed by atoms with Crippen molar-refractivity contribution in [1.29, 1.82) is 0 Å². The zero-order valence-corrected chi connectivity index (χ0v) is 20.4. The molecule has 0 radical (unpaired) electrons. The van der Waals surface area contributed by atoms with E-state index in [9.17, 15) is 4.79 Å². The predicted octanol–water partition coefficient (Wildman–Crippen LogP) is 1.01. The van der Waals surface area contributed by atoms with Gasteiger partial charge in [-0.1, -0.05) is 13.8 Å². The number of rotatable bonds is 12. The van der Waals surface area contributed by atoms with E-state index in [0.29, 0.717) is 11.9 Å². The molecule has 0 bridgehead atoms. The van der Waals surface area contributed by atoms with Crippen molar-refractivity contribution < 1.29 is 14.3 Å². The van der Waals surface area contributed by atoms with E-state index in [1.807, 2.05) is 0 Å². The van der Waals surface area contributed by atoms with Crippen molar-refractivity contribution in [2.75, 3.05) is 79.8 Å². The van der Waals surface area contributed by atoms with Gasteiger partial charge in [0, 0.05) is 53.5 Å². The molecule has 0 aromatic rings. The number of carbonyl (C=O) groups excluding carboxylic acids is 1. The summed E-state index contributed by atoms with van der Waals surface area (Å²) in [6, 6.07) is 0. The number of amides is 1. The summed E-state index contributed by atoms with van der Waals surface area (Å²) in [5, 5.41) is 6.63. The van der Waals surface area contributed by atoms with Crippen molar-refractivity contribution in [2.24, 2.45) is 10.9 Å². The maximum atomic E-state index is 11.8. The minimum Gasteiger partial charge on any atom is -0.381 e. The van der Waals surface area contributed by atoms with Crippen LogP contribution in [0.5, 0.6) is 0 Å². The largest absolute Gasteiger partial charge is 0.381 e. The van der Waals surface area contributed by atoms with Crippen LogP contribution >= 0.6 is 24.0 Å². The van der Waals surface area contributed by atoms with Gasteiger partial charge in [0.2, 0.25) is 5.91 Å². The highest BCUT2D eigenvalue weighted by Crippen LogP contribution is 1.97. The number of nitrogens with zero attached hydrogens (tertiary/aromatic N) is 3. The number of ether oxygens (including phenoxy) is 2. The number of hydrogen-bond acceptors (Lipinski definition) is 5. The van der Waals surface area contributed by atoms with Gasteiger partial charge in [-0.15, -0.1) is 24.0 Å². The number of likely N-dealkylation sites (N-methyl/N-ethyl adjacent to an activating group) is 1. The SMILES string of the molecule is CC(C)COCCCNC(=NCC(=O)N(C)C)NCCCN1CCOCC1.I. The van der Waals surface area contributed by atoms with Gasteiger partial charge in [0.1, 0.15) is 6.54 Å². The summed E-state index contributed by atoms with van der Waals surface area (Å²) in [5.41, 5.74) is 0. The van der Waals surface area contributed by atoms with Crippen molar-refractivity contribution in [3.05, 3.63) is 0 Å². The molecule has 1 saturated heterocycles. The predicted molar refractivity (Wildman–Crippen MR) is 125 cm³/mol. The summed E-state index contributed by atoms with van der Waals surface area (Å²) in [4.78, 5) is 20.2. The van der Waals surface area contributed by atoms with Gasteiger partial charge in [0.05, 0.1) is 13.2 Å². The Bertz CT molecular complexity index is 430. The molecule has 0 unspecified atom stereocenters.